The summed E-state index contributed by atoms with van der Waals surface area (Å²) >= 11 is 3.10. The lowest BCUT2D eigenvalue weighted by Gasteiger charge is -2.51. The molecule has 0 bridgehead atoms. The summed E-state index contributed by atoms with van der Waals surface area (Å²) in [5, 5.41) is 13.7. The summed E-state index contributed by atoms with van der Waals surface area (Å²) in [5.41, 5.74) is 1.98. The number of rotatable bonds is 5. The minimum absolute atomic E-state index is 0.0372. The molecule has 3 rings (SSSR count). The van der Waals surface area contributed by atoms with Gasteiger partial charge >= 0.3 is 5.69 Å². The van der Waals surface area contributed by atoms with Crippen molar-refractivity contribution in [2.24, 2.45) is 5.73 Å². The molecule has 2 aliphatic heterocycles. The Morgan fingerprint density at radius 1 is 1.36 bits per heavy atom. The van der Waals surface area contributed by atoms with Crippen LogP contribution < -0.4 is 22.3 Å². The molecule has 3 atom stereocenters. The third-order valence-electron chi connectivity index (χ3n) is 6.27. The van der Waals surface area contributed by atoms with Crippen molar-refractivity contribution in [2.75, 3.05) is 19.7 Å². The van der Waals surface area contributed by atoms with E-state index in [0.717, 1.165) is 0 Å². The van der Waals surface area contributed by atoms with E-state index in [9.17, 15) is 29.1 Å². The average molecular weight is 530 g/mol. The van der Waals surface area contributed by atoms with Crippen LogP contribution in [-0.2, 0) is 19.1 Å². The van der Waals surface area contributed by atoms with Gasteiger partial charge in [0.15, 0.2) is 0 Å². The zero-order chi connectivity index (χ0) is 24.6. The van der Waals surface area contributed by atoms with Crippen molar-refractivity contribution in [2.45, 2.75) is 62.8 Å². The van der Waals surface area contributed by atoms with Crippen molar-refractivity contribution < 1.29 is 24.2 Å². The Kier molecular flexibility index (Phi) is 7.15. The zero-order valence-electron chi connectivity index (χ0n) is 18.4. The Morgan fingerprint density at radius 3 is 2.55 bits per heavy atom. The van der Waals surface area contributed by atoms with Crippen LogP contribution in [0.2, 0.25) is 0 Å². The first-order valence-corrected chi connectivity index (χ1v) is 11.3. The van der Waals surface area contributed by atoms with Crippen molar-refractivity contribution in [1.29, 1.82) is 0 Å². The van der Waals surface area contributed by atoms with Crippen LogP contribution >= 0.6 is 15.9 Å². The summed E-state index contributed by atoms with van der Waals surface area (Å²) < 4.78 is 7.55. The summed E-state index contributed by atoms with van der Waals surface area (Å²) in [6.45, 7) is 3.52. The van der Waals surface area contributed by atoms with Crippen LogP contribution in [0.3, 0.4) is 0 Å². The van der Waals surface area contributed by atoms with Crippen LogP contribution in [0.1, 0.15) is 45.6 Å². The van der Waals surface area contributed by atoms with Gasteiger partial charge in [-0.2, -0.15) is 0 Å². The molecule has 2 fully saturated rings. The minimum atomic E-state index is -1.32. The normalized spacial score (nSPS) is 25.5. The Bertz CT molecular complexity index is 1040. The zero-order valence-corrected chi connectivity index (χ0v) is 20.0. The van der Waals surface area contributed by atoms with Gasteiger partial charge in [-0.25, -0.2) is 4.79 Å². The number of nitrogens with two attached hydrogens (primary N) is 1. The molecule has 0 radical (unpaired) electrons. The number of nitrogens with zero attached hydrogens (tertiary/aromatic N) is 2. The molecular weight excluding hydrogens is 502 g/mol. The highest BCUT2D eigenvalue weighted by Crippen LogP contribution is 2.43. The number of likely N-dealkylation sites (tertiary alicyclic amines) is 1. The molecule has 0 aliphatic carbocycles. The van der Waals surface area contributed by atoms with E-state index in [4.69, 9.17) is 10.5 Å². The smallest absolute Gasteiger partial charge is 0.328 e. The van der Waals surface area contributed by atoms with Crippen molar-refractivity contribution in [1.82, 2.24) is 19.8 Å². The van der Waals surface area contributed by atoms with Gasteiger partial charge in [-0.05, 0) is 35.7 Å². The lowest BCUT2D eigenvalue weighted by atomic mass is 9.75. The van der Waals surface area contributed by atoms with Gasteiger partial charge in [-0.1, -0.05) is 0 Å². The Morgan fingerprint density at radius 2 is 2.00 bits per heavy atom. The van der Waals surface area contributed by atoms with E-state index in [1.807, 2.05) is 0 Å². The number of halogens is 1. The number of H-pyrrole nitrogens is 1. The molecule has 0 aromatic carbocycles. The second-order valence-corrected chi connectivity index (χ2v) is 9.79. The van der Waals surface area contributed by atoms with Crippen LogP contribution in [0.4, 0.5) is 0 Å². The summed E-state index contributed by atoms with van der Waals surface area (Å²) in [6, 6.07) is -1.75. The number of aromatic amines is 1. The molecule has 3 amide bonds. The van der Waals surface area contributed by atoms with Crippen LogP contribution in [-0.4, -0.2) is 74.2 Å². The lowest BCUT2D eigenvalue weighted by molar-refractivity contribution is -0.198. The SMILES string of the molecule is CC(=O)N[C@@H](CC(N)=O)C(=O)N1CCC2(CC1)C[C@](C)(O)[C@@H](n1cc(Br)c(=O)[nH]c1=O)CO2. The Labute approximate surface area is 197 Å². The first kappa shape index (κ1) is 25.1. The quantitative estimate of drug-likeness (QED) is 0.368. The maximum absolute atomic E-state index is 12.8. The van der Waals surface area contributed by atoms with Crippen LogP contribution in [0, 0.1) is 0 Å². The van der Waals surface area contributed by atoms with E-state index in [-0.39, 0.29) is 23.9 Å². The first-order valence-electron chi connectivity index (χ1n) is 10.5. The van der Waals surface area contributed by atoms with E-state index in [1.54, 1.807) is 11.8 Å². The summed E-state index contributed by atoms with van der Waals surface area (Å²) in [6.07, 6.45) is 2.11. The number of aliphatic hydroxyl groups is 1. The molecule has 2 aliphatic rings. The van der Waals surface area contributed by atoms with Gasteiger partial charge in [0, 0.05) is 32.6 Å². The van der Waals surface area contributed by atoms with Crippen molar-refractivity contribution in [3.63, 3.8) is 0 Å². The Hall–Kier alpha value is -2.51. The number of aromatic nitrogens is 2. The van der Waals surface area contributed by atoms with Crippen LogP contribution in [0.5, 0.6) is 0 Å². The number of carbonyl (C=O) groups excluding carboxylic acids is 3. The van der Waals surface area contributed by atoms with E-state index in [1.165, 1.54) is 17.7 Å². The number of carbonyl (C=O) groups is 3. The second-order valence-electron chi connectivity index (χ2n) is 8.94. The third-order valence-corrected chi connectivity index (χ3v) is 6.84. The fraction of sp³-hybridized carbons (Fsp3) is 0.650. The van der Waals surface area contributed by atoms with Gasteiger partial charge < -0.3 is 25.8 Å². The fourth-order valence-corrected chi connectivity index (χ4v) is 4.97. The van der Waals surface area contributed by atoms with Crippen molar-refractivity contribution >= 4 is 33.7 Å². The number of ether oxygens (including phenoxy) is 1. The topological polar surface area (TPSA) is 177 Å². The highest BCUT2D eigenvalue weighted by Gasteiger charge is 2.50. The molecular formula is C20H28BrN5O7. The molecule has 0 unspecified atom stereocenters. The third kappa shape index (κ3) is 5.53. The predicted molar refractivity (Wildman–Crippen MR) is 119 cm³/mol. The molecule has 12 nitrogen and oxygen atoms in total. The average Bonchev–Trinajstić information content (AvgIpc) is 2.69. The molecule has 1 spiro atoms. The fourth-order valence-electron chi connectivity index (χ4n) is 4.65. The maximum atomic E-state index is 12.8. The number of hydrogen-bond donors (Lipinski definition) is 4. The summed E-state index contributed by atoms with van der Waals surface area (Å²) in [7, 11) is 0. The van der Waals surface area contributed by atoms with E-state index >= 15 is 0 Å². The van der Waals surface area contributed by atoms with Crippen molar-refractivity contribution in [3.05, 3.63) is 31.5 Å². The van der Waals surface area contributed by atoms with E-state index < -0.39 is 52.3 Å². The number of amides is 3. The molecule has 2 saturated heterocycles. The van der Waals surface area contributed by atoms with Gasteiger partial charge in [-0.3, -0.25) is 28.7 Å². The van der Waals surface area contributed by atoms with E-state index in [0.29, 0.717) is 25.9 Å². The maximum Gasteiger partial charge on any atom is 0.328 e. The number of hydrogen-bond acceptors (Lipinski definition) is 7. The molecule has 182 valence electrons. The highest BCUT2D eigenvalue weighted by molar-refractivity contribution is 9.10. The summed E-state index contributed by atoms with van der Waals surface area (Å²) in [5.74, 6) is -1.54. The van der Waals surface area contributed by atoms with Gasteiger partial charge in [0.2, 0.25) is 17.7 Å². The van der Waals surface area contributed by atoms with Gasteiger partial charge in [-0.15, -0.1) is 0 Å². The largest absolute Gasteiger partial charge is 0.388 e. The number of piperidine rings is 1. The molecule has 3 heterocycles. The number of primary amides is 1. The molecule has 13 heteroatoms. The summed E-state index contributed by atoms with van der Waals surface area (Å²) in [4.78, 5) is 63.3. The molecule has 5 N–H and O–H groups in total. The predicted octanol–water partition coefficient (Wildman–Crippen LogP) is -1.25. The van der Waals surface area contributed by atoms with Crippen molar-refractivity contribution in [3.8, 4) is 0 Å². The Balaban J connectivity index is 1.70. The van der Waals surface area contributed by atoms with Crippen LogP contribution in [0.25, 0.3) is 0 Å². The second kappa shape index (κ2) is 9.39. The highest BCUT2D eigenvalue weighted by atomic mass is 79.9. The molecule has 33 heavy (non-hydrogen) atoms. The standard InChI is InChI=1S/C20H28BrN5O7/c1-11(27)23-13(7-15(22)28)17(30)25-5-3-20(4-6-25)10-19(2,32)14(9-33-20)26-8-12(21)16(29)24-18(26)31/h8,13-14,32H,3-7,9-10H2,1-2H3,(H2,22,28)(H,23,27)(H,24,29,31)/t13-,14-,19-/m0/s1. The first-order chi connectivity index (χ1) is 15.3. The molecule has 1 aromatic rings. The van der Waals surface area contributed by atoms with Gasteiger partial charge in [0.25, 0.3) is 5.56 Å². The molecule has 0 saturated carbocycles. The van der Waals surface area contributed by atoms with Gasteiger partial charge in [0.05, 0.1) is 34.7 Å². The van der Waals surface area contributed by atoms with Crippen LogP contribution in [0.15, 0.2) is 20.3 Å². The van der Waals surface area contributed by atoms with Gasteiger partial charge in [0.1, 0.15) is 6.04 Å². The number of nitrogens with one attached hydrogen (secondary N) is 2. The van der Waals surface area contributed by atoms with E-state index in [2.05, 4.69) is 26.2 Å². The molecule has 1 aromatic heterocycles. The minimum Gasteiger partial charge on any atom is -0.388 e. The monoisotopic (exact) mass is 529 g/mol. The lowest BCUT2D eigenvalue weighted by Crippen LogP contribution is -2.60.